The number of ether oxygens (including phenoxy) is 3. The largest absolute Gasteiger partial charge is 0.493 e. The van der Waals surface area contributed by atoms with Crippen molar-refractivity contribution in [3.8, 4) is 29.1 Å². The molecule has 0 unspecified atom stereocenters. The molecule has 2 aromatic rings. The van der Waals surface area contributed by atoms with E-state index in [2.05, 4.69) is 17.2 Å². The first kappa shape index (κ1) is 19.7. The van der Waals surface area contributed by atoms with Gasteiger partial charge in [-0.3, -0.25) is 9.59 Å². The van der Waals surface area contributed by atoms with Gasteiger partial charge in [0.2, 0.25) is 0 Å². The maximum Gasteiger partial charge on any atom is 0.258 e. The number of nitrogens with one attached hydrogen (secondary N) is 1. The van der Waals surface area contributed by atoms with Gasteiger partial charge in [0, 0.05) is 0 Å². The minimum Gasteiger partial charge on any atom is -0.493 e. The number of primary amides is 1. The first-order valence-corrected chi connectivity index (χ1v) is 8.11. The van der Waals surface area contributed by atoms with Crippen LogP contribution in [0.2, 0.25) is 0 Å². The number of carbonyl (C=O) groups is 2. The second-order valence-corrected chi connectivity index (χ2v) is 5.22. The van der Waals surface area contributed by atoms with Crippen molar-refractivity contribution in [3.63, 3.8) is 0 Å². The SMILES string of the molecule is COc1ccccc1OCC(=O)NCC#CCOc1ccccc1C(N)=O. The quantitative estimate of drug-likeness (QED) is 0.686. The van der Waals surface area contributed by atoms with Crippen LogP contribution in [0.3, 0.4) is 0 Å². The van der Waals surface area contributed by atoms with E-state index >= 15 is 0 Å². The zero-order chi connectivity index (χ0) is 19.5. The second-order valence-electron chi connectivity index (χ2n) is 5.22. The van der Waals surface area contributed by atoms with E-state index in [9.17, 15) is 9.59 Å². The molecule has 2 amide bonds. The Morgan fingerprint density at radius 1 is 0.963 bits per heavy atom. The van der Waals surface area contributed by atoms with Crippen molar-refractivity contribution in [1.82, 2.24) is 5.32 Å². The highest BCUT2D eigenvalue weighted by molar-refractivity contribution is 5.95. The van der Waals surface area contributed by atoms with Crippen LogP contribution in [0, 0.1) is 11.8 Å². The fourth-order valence-electron chi connectivity index (χ4n) is 2.10. The lowest BCUT2D eigenvalue weighted by Gasteiger charge is -2.09. The van der Waals surface area contributed by atoms with Gasteiger partial charge in [-0.25, -0.2) is 0 Å². The fourth-order valence-corrected chi connectivity index (χ4v) is 2.10. The predicted octanol–water partition coefficient (Wildman–Crippen LogP) is 1.37. The van der Waals surface area contributed by atoms with Gasteiger partial charge in [-0.05, 0) is 24.3 Å². The zero-order valence-electron chi connectivity index (χ0n) is 14.9. The minimum atomic E-state index is -0.569. The summed E-state index contributed by atoms with van der Waals surface area (Å²) in [6, 6.07) is 13.7. The molecule has 0 fully saturated rings. The number of para-hydroxylation sites is 3. The molecule has 27 heavy (non-hydrogen) atoms. The Balaban J connectivity index is 1.71. The van der Waals surface area contributed by atoms with E-state index < -0.39 is 5.91 Å². The van der Waals surface area contributed by atoms with E-state index in [1.165, 1.54) is 7.11 Å². The van der Waals surface area contributed by atoms with Crippen molar-refractivity contribution < 1.29 is 23.8 Å². The van der Waals surface area contributed by atoms with Crippen LogP contribution >= 0.6 is 0 Å². The van der Waals surface area contributed by atoms with Gasteiger partial charge < -0.3 is 25.3 Å². The summed E-state index contributed by atoms with van der Waals surface area (Å²) in [5, 5.41) is 2.61. The van der Waals surface area contributed by atoms with Crippen molar-refractivity contribution in [1.29, 1.82) is 0 Å². The van der Waals surface area contributed by atoms with E-state index in [0.717, 1.165) is 0 Å². The second kappa shape index (κ2) is 10.4. The molecule has 0 aliphatic carbocycles. The molecule has 0 aliphatic rings. The summed E-state index contributed by atoms with van der Waals surface area (Å²) >= 11 is 0. The number of nitrogens with two attached hydrogens (primary N) is 1. The van der Waals surface area contributed by atoms with E-state index in [4.69, 9.17) is 19.9 Å². The number of carbonyl (C=O) groups excluding carboxylic acids is 2. The molecule has 0 aliphatic heterocycles. The lowest BCUT2D eigenvalue weighted by molar-refractivity contribution is -0.122. The molecule has 0 atom stereocenters. The summed E-state index contributed by atoms with van der Waals surface area (Å²) in [5.74, 6) is 6.03. The molecule has 0 spiro atoms. The Morgan fingerprint density at radius 2 is 1.63 bits per heavy atom. The van der Waals surface area contributed by atoms with Gasteiger partial charge in [0.1, 0.15) is 12.4 Å². The standard InChI is InChI=1S/C20H20N2O5/c1-25-17-10-4-5-11-18(17)27-14-19(23)22-12-6-7-13-26-16-9-3-2-8-15(16)20(21)24/h2-5,8-11H,12-14H2,1H3,(H2,21,24)(H,22,23). The van der Waals surface area contributed by atoms with Crippen molar-refractivity contribution in [2.24, 2.45) is 5.73 Å². The van der Waals surface area contributed by atoms with Crippen LogP contribution in [-0.2, 0) is 4.79 Å². The van der Waals surface area contributed by atoms with Crippen molar-refractivity contribution >= 4 is 11.8 Å². The average Bonchev–Trinajstić information content (AvgIpc) is 2.69. The van der Waals surface area contributed by atoms with Crippen LogP contribution in [0.1, 0.15) is 10.4 Å². The molecule has 0 saturated carbocycles. The molecule has 0 radical (unpaired) electrons. The molecule has 0 aromatic heterocycles. The molecule has 0 bridgehead atoms. The summed E-state index contributed by atoms with van der Waals surface area (Å²) in [6.45, 7) is 0.0668. The molecule has 140 valence electrons. The molecular weight excluding hydrogens is 348 g/mol. The first-order chi connectivity index (χ1) is 13.1. The highest BCUT2D eigenvalue weighted by Gasteiger charge is 2.07. The Bertz CT molecular complexity index is 855. The monoisotopic (exact) mass is 368 g/mol. The number of amides is 2. The third kappa shape index (κ3) is 6.29. The Labute approximate surface area is 157 Å². The summed E-state index contributed by atoms with van der Waals surface area (Å²) in [5.41, 5.74) is 5.56. The van der Waals surface area contributed by atoms with E-state index in [0.29, 0.717) is 22.8 Å². The predicted molar refractivity (Wildman–Crippen MR) is 99.7 cm³/mol. The maximum absolute atomic E-state index is 11.8. The molecular formula is C20H20N2O5. The zero-order valence-corrected chi connectivity index (χ0v) is 14.9. The Kier molecular flexibility index (Phi) is 7.54. The summed E-state index contributed by atoms with van der Waals surface area (Å²) in [6.07, 6.45) is 0. The highest BCUT2D eigenvalue weighted by Crippen LogP contribution is 2.25. The average molecular weight is 368 g/mol. The lowest BCUT2D eigenvalue weighted by atomic mass is 10.2. The van der Waals surface area contributed by atoms with E-state index in [1.54, 1.807) is 42.5 Å². The number of benzene rings is 2. The van der Waals surface area contributed by atoms with Crippen LogP contribution in [0.15, 0.2) is 48.5 Å². The molecule has 2 rings (SSSR count). The number of hydrogen-bond acceptors (Lipinski definition) is 5. The van der Waals surface area contributed by atoms with Crippen LogP contribution in [-0.4, -0.2) is 38.7 Å². The van der Waals surface area contributed by atoms with Gasteiger partial charge in [-0.15, -0.1) is 0 Å². The van der Waals surface area contributed by atoms with Gasteiger partial charge in [0.15, 0.2) is 18.1 Å². The van der Waals surface area contributed by atoms with Gasteiger partial charge >= 0.3 is 0 Å². The van der Waals surface area contributed by atoms with Crippen LogP contribution in [0.5, 0.6) is 17.2 Å². The first-order valence-electron chi connectivity index (χ1n) is 8.11. The third-order valence-electron chi connectivity index (χ3n) is 3.38. The fraction of sp³-hybridized carbons (Fsp3) is 0.200. The summed E-state index contributed by atoms with van der Waals surface area (Å²) in [4.78, 5) is 23.0. The number of methoxy groups -OCH3 is 1. The lowest BCUT2D eigenvalue weighted by Crippen LogP contribution is -2.29. The topological polar surface area (TPSA) is 99.9 Å². The molecule has 0 saturated heterocycles. The smallest absolute Gasteiger partial charge is 0.258 e. The molecule has 2 aromatic carbocycles. The van der Waals surface area contributed by atoms with Crippen molar-refractivity contribution in [2.75, 3.05) is 26.9 Å². The molecule has 3 N–H and O–H groups in total. The summed E-state index contributed by atoms with van der Waals surface area (Å²) in [7, 11) is 1.53. The molecule has 0 heterocycles. The van der Waals surface area contributed by atoms with E-state index in [-0.39, 0.29) is 25.7 Å². The number of rotatable bonds is 8. The summed E-state index contributed by atoms with van der Waals surface area (Å²) < 4.78 is 16.0. The number of hydrogen-bond donors (Lipinski definition) is 2. The van der Waals surface area contributed by atoms with Crippen molar-refractivity contribution in [2.45, 2.75) is 0 Å². The van der Waals surface area contributed by atoms with Gasteiger partial charge in [-0.1, -0.05) is 36.1 Å². The minimum absolute atomic E-state index is 0.0673. The third-order valence-corrected chi connectivity index (χ3v) is 3.38. The van der Waals surface area contributed by atoms with Crippen LogP contribution < -0.4 is 25.3 Å². The Hall–Kier alpha value is -3.66. The van der Waals surface area contributed by atoms with Gasteiger partial charge in [-0.2, -0.15) is 0 Å². The van der Waals surface area contributed by atoms with Gasteiger partial charge in [0.05, 0.1) is 19.2 Å². The van der Waals surface area contributed by atoms with Crippen LogP contribution in [0.25, 0.3) is 0 Å². The molecule has 7 nitrogen and oxygen atoms in total. The van der Waals surface area contributed by atoms with Gasteiger partial charge in [0.25, 0.3) is 11.8 Å². The van der Waals surface area contributed by atoms with E-state index in [1.807, 2.05) is 6.07 Å². The van der Waals surface area contributed by atoms with Crippen molar-refractivity contribution in [3.05, 3.63) is 54.1 Å². The van der Waals surface area contributed by atoms with Crippen LogP contribution in [0.4, 0.5) is 0 Å². The molecule has 7 heteroatoms. The highest BCUT2D eigenvalue weighted by atomic mass is 16.5. The Morgan fingerprint density at radius 3 is 2.33 bits per heavy atom. The normalized spacial score (nSPS) is 9.52. The maximum atomic E-state index is 11.8.